The molecule has 0 fully saturated rings. The molecule has 0 aromatic heterocycles. The summed E-state index contributed by atoms with van der Waals surface area (Å²) in [5.41, 5.74) is -1.62. The van der Waals surface area contributed by atoms with Gasteiger partial charge in [0.2, 0.25) is 0 Å². The predicted octanol–water partition coefficient (Wildman–Crippen LogP) is -0.397. The molecule has 0 spiro atoms. The fourth-order valence-corrected chi connectivity index (χ4v) is 0.632. The van der Waals surface area contributed by atoms with Gasteiger partial charge in [0.15, 0.2) is 5.44 Å². The van der Waals surface area contributed by atoms with Gasteiger partial charge in [0.1, 0.15) is 0 Å². The molecule has 0 amide bonds. The molecule has 0 saturated heterocycles. The van der Waals surface area contributed by atoms with Crippen LogP contribution in [0.5, 0.6) is 0 Å². The van der Waals surface area contributed by atoms with Gasteiger partial charge in [-0.3, -0.25) is 4.55 Å². The number of hydrogen-bond acceptors (Lipinski definition) is 3. The average Bonchev–Trinajstić information content (AvgIpc) is 1.62. The molecular weight excluding hydrogens is 132 g/mol. The molecule has 0 aliphatic heterocycles. The van der Waals surface area contributed by atoms with Crippen LogP contribution in [0.4, 0.5) is 0 Å². The Kier molecular flexibility index (Phi) is 2.39. The fraction of sp³-hybridized carbons (Fsp3) is 1.00. The van der Waals surface area contributed by atoms with E-state index in [0.717, 1.165) is 0 Å². The summed E-state index contributed by atoms with van der Waals surface area (Å²) in [5.74, 6) is 0. The minimum absolute atomic E-state index is 0.0127. The largest absolute Gasteiger partial charge is 0.375 e. The summed E-state index contributed by atoms with van der Waals surface area (Å²) in [6.07, 6.45) is 0.0127. The fourth-order valence-electron chi connectivity index (χ4n) is 0.211. The lowest BCUT2D eigenvalue weighted by Gasteiger charge is -1.99. The van der Waals surface area contributed by atoms with Crippen molar-refractivity contribution in [2.45, 2.75) is 18.8 Å². The third-order valence-corrected chi connectivity index (χ3v) is 1.71. The lowest BCUT2D eigenvalue weighted by atomic mass is 10.5. The van der Waals surface area contributed by atoms with Crippen molar-refractivity contribution in [1.29, 1.82) is 0 Å². The van der Waals surface area contributed by atoms with Crippen LogP contribution in [0.1, 0.15) is 13.3 Å². The van der Waals surface area contributed by atoms with Gasteiger partial charge in [-0.1, -0.05) is 6.92 Å². The first-order valence-electron chi connectivity index (χ1n) is 2.13. The summed E-state index contributed by atoms with van der Waals surface area (Å²) in [6, 6.07) is 0. The second-order valence-corrected chi connectivity index (χ2v) is 2.95. The van der Waals surface area contributed by atoms with Crippen LogP contribution >= 0.6 is 0 Å². The van der Waals surface area contributed by atoms with E-state index in [9.17, 15) is 8.42 Å². The second-order valence-electron chi connectivity index (χ2n) is 1.38. The second kappa shape index (κ2) is 2.43. The predicted molar refractivity (Wildman–Crippen MR) is 27.8 cm³/mol. The Labute approximate surface area is 47.9 Å². The van der Waals surface area contributed by atoms with E-state index in [1.165, 1.54) is 6.92 Å². The van der Waals surface area contributed by atoms with Crippen molar-refractivity contribution in [3.05, 3.63) is 0 Å². The normalized spacial score (nSPS) is 15.9. The zero-order valence-electron chi connectivity index (χ0n) is 4.40. The molecular formula is C3H8O4S. The minimum Gasteiger partial charge on any atom is -0.375 e. The molecule has 0 heterocycles. The standard InChI is InChI=1S/C3H8O4S/c1-2-3(4)8(5,6)7/h3-4H,2H2,1H3,(H,5,6,7)/t3-/m0/s1. The van der Waals surface area contributed by atoms with Gasteiger partial charge in [0, 0.05) is 0 Å². The van der Waals surface area contributed by atoms with E-state index < -0.39 is 15.6 Å². The monoisotopic (exact) mass is 140 g/mol. The molecule has 0 saturated carbocycles. The first-order valence-corrected chi connectivity index (χ1v) is 3.63. The highest BCUT2D eigenvalue weighted by atomic mass is 32.2. The molecule has 4 nitrogen and oxygen atoms in total. The summed E-state index contributed by atoms with van der Waals surface area (Å²) in [4.78, 5) is 0. The lowest BCUT2D eigenvalue weighted by Crippen LogP contribution is -2.17. The Bertz CT molecular complexity index is 147. The first kappa shape index (κ1) is 7.87. The molecule has 0 aliphatic carbocycles. The Morgan fingerprint density at radius 2 is 2.00 bits per heavy atom. The van der Waals surface area contributed by atoms with Crippen LogP contribution in [0, 0.1) is 0 Å². The van der Waals surface area contributed by atoms with E-state index in [0.29, 0.717) is 0 Å². The molecule has 0 aromatic carbocycles. The summed E-state index contributed by atoms with van der Waals surface area (Å²) >= 11 is 0. The maximum atomic E-state index is 9.87. The van der Waals surface area contributed by atoms with Crippen molar-refractivity contribution in [3.8, 4) is 0 Å². The van der Waals surface area contributed by atoms with Gasteiger partial charge in [-0.2, -0.15) is 8.42 Å². The summed E-state index contributed by atoms with van der Waals surface area (Å²) in [6.45, 7) is 1.46. The molecule has 2 N–H and O–H groups in total. The van der Waals surface area contributed by atoms with Crippen LogP contribution in [0.2, 0.25) is 0 Å². The van der Waals surface area contributed by atoms with Crippen LogP contribution in [0.3, 0.4) is 0 Å². The third kappa shape index (κ3) is 2.25. The molecule has 0 aliphatic rings. The molecule has 8 heavy (non-hydrogen) atoms. The molecule has 0 unspecified atom stereocenters. The maximum absolute atomic E-state index is 9.87. The van der Waals surface area contributed by atoms with Gasteiger partial charge in [0.25, 0.3) is 10.1 Å². The lowest BCUT2D eigenvalue weighted by molar-refractivity contribution is 0.229. The molecule has 0 bridgehead atoms. The van der Waals surface area contributed by atoms with Crippen LogP contribution in [-0.2, 0) is 10.1 Å². The van der Waals surface area contributed by atoms with Gasteiger partial charge in [0.05, 0.1) is 0 Å². The minimum atomic E-state index is -4.20. The zero-order chi connectivity index (χ0) is 6.78. The van der Waals surface area contributed by atoms with Crippen molar-refractivity contribution < 1.29 is 18.1 Å². The molecule has 1 atom stereocenters. The van der Waals surface area contributed by atoms with E-state index in [1.807, 2.05) is 0 Å². The molecule has 0 rings (SSSR count). The number of rotatable bonds is 2. The molecule has 0 radical (unpaired) electrons. The van der Waals surface area contributed by atoms with E-state index in [4.69, 9.17) is 9.66 Å². The van der Waals surface area contributed by atoms with Crippen LogP contribution in [0.15, 0.2) is 0 Å². The topological polar surface area (TPSA) is 74.6 Å². The SMILES string of the molecule is CC[C@@H](O)S(=O)(=O)O. The van der Waals surface area contributed by atoms with Gasteiger partial charge >= 0.3 is 0 Å². The van der Waals surface area contributed by atoms with Crippen LogP contribution in [0.25, 0.3) is 0 Å². The van der Waals surface area contributed by atoms with Crippen molar-refractivity contribution in [2.75, 3.05) is 0 Å². The Balaban J connectivity index is 4.04. The Hall–Kier alpha value is -0.130. The summed E-state index contributed by atoms with van der Waals surface area (Å²) < 4.78 is 27.7. The summed E-state index contributed by atoms with van der Waals surface area (Å²) in [7, 11) is -4.20. The van der Waals surface area contributed by atoms with Gasteiger partial charge < -0.3 is 5.11 Å². The highest BCUT2D eigenvalue weighted by Crippen LogP contribution is 1.96. The Morgan fingerprint density at radius 3 is 2.00 bits per heavy atom. The zero-order valence-corrected chi connectivity index (χ0v) is 5.22. The Morgan fingerprint density at radius 1 is 1.62 bits per heavy atom. The van der Waals surface area contributed by atoms with E-state index in [1.54, 1.807) is 0 Å². The van der Waals surface area contributed by atoms with Crippen LogP contribution in [-0.4, -0.2) is 23.5 Å². The van der Waals surface area contributed by atoms with Crippen molar-refractivity contribution in [2.24, 2.45) is 0 Å². The maximum Gasteiger partial charge on any atom is 0.291 e. The third-order valence-electron chi connectivity index (χ3n) is 0.693. The highest BCUT2D eigenvalue weighted by Gasteiger charge is 2.15. The first-order chi connectivity index (χ1) is 3.48. The average molecular weight is 140 g/mol. The van der Waals surface area contributed by atoms with Crippen molar-refractivity contribution in [1.82, 2.24) is 0 Å². The molecule has 0 aromatic rings. The number of hydrogen-bond donors (Lipinski definition) is 2. The quantitative estimate of drug-likeness (QED) is 0.512. The van der Waals surface area contributed by atoms with Crippen molar-refractivity contribution in [3.63, 3.8) is 0 Å². The van der Waals surface area contributed by atoms with Gasteiger partial charge in [-0.05, 0) is 6.42 Å². The smallest absolute Gasteiger partial charge is 0.291 e. The van der Waals surface area contributed by atoms with Gasteiger partial charge in [-0.15, -0.1) is 0 Å². The summed E-state index contributed by atoms with van der Waals surface area (Å²) in [5, 5.41) is 8.36. The van der Waals surface area contributed by atoms with Crippen molar-refractivity contribution >= 4 is 10.1 Å². The molecule has 50 valence electrons. The highest BCUT2D eigenvalue weighted by molar-refractivity contribution is 7.86. The van der Waals surface area contributed by atoms with Gasteiger partial charge in [-0.25, -0.2) is 0 Å². The number of aliphatic hydroxyl groups is 1. The van der Waals surface area contributed by atoms with E-state index in [2.05, 4.69) is 0 Å². The molecule has 5 heteroatoms. The van der Waals surface area contributed by atoms with E-state index in [-0.39, 0.29) is 6.42 Å². The number of aliphatic hydroxyl groups excluding tert-OH is 1. The van der Waals surface area contributed by atoms with E-state index >= 15 is 0 Å². The van der Waals surface area contributed by atoms with Crippen LogP contribution < -0.4 is 0 Å².